The van der Waals surface area contributed by atoms with Crippen molar-refractivity contribution in [2.45, 2.75) is 44.9 Å². The van der Waals surface area contributed by atoms with Crippen molar-refractivity contribution in [1.29, 1.82) is 0 Å². The molecule has 0 saturated carbocycles. The van der Waals surface area contributed by atoms with Crippen molar-refractivity contribution in [3.05, 3.63) is 107 Å². The van der Waals surface area contributed by atoms with Gasteiger partial charge in [0.15, 0.2) is 6.10 Å². The number of tetrazole rings is 1. The molecule has 226 valence electrons. The topological polar surface area (TPSA) is 159 Å². The summed E-state index contributed by atoms with van der Waals surface area (Å²) < 4.78 is 32.3. The number of nitrogens with zero attached hydrogens (tertiary/aromatic N) is 5. The number of aromatic nitrogens is 6. The van der Waals surface area contributed by atoms with Crippen LogP contribution in [0.25, 0.3) is 22.5 Å². The first-order chi connectivity index (χ1) is 21.2. The van der Waals surface area contributed by atoms with Crippen molar-refractivity contribution >= 4 is 11.9 Å². The normalized spacial score (nSPS) is 12.5. The van der Waals surface area contributed by atoms with E-state index in [0.717, 1.165) is 0 Å². The highest BCUT2D eigenvalue weighted by atomic mass is 19.1. The molecule has 0 bridgehead atoms. The van der Waals surface area contributed by atoms with Gasteiger partial charge in [-0.3, -0.25) is 9.48 Å². The van der Waals surface area contributed by atoms with Crippen molar-refractivity contribution in [3.8, 4) is 22.5 Å². The molecule has 13 heteroatoms. The monoisotopic (exact) mass is 601 g/mol. The molecule has 5 aromatic rings. The predicted octanol–water partition coefficient (Wildman–Crippen LogP) is 3.80. The second kappa shape index (κ2) is 13.3. The minimum atomic E-state index is -1.87. The van der Waals surface area contributed by atoms with Gasteiger partial charge < -0.3 is 15.5 Å². The largest absolute Gasteiger partial charge is 0.479 e. The Hall–Kier alpha value is -5.30. The minimum absolute atomic E-state index is 0.0567. The maximum Gasteiger partial charge on any atom is 0.334 e. The van der Waals surface area contributed by atoms with E-state index in [1.54, 1.807) is 54.6 Å². The molecule has 2 heterocycles. The number of aryl methyl sites for hydroxylation is 1. The minimum Gasteiger partial charge on any atom is -0.479 e. The fourth-order valence-electron chi connectivity index (χ4n) is 4.95. The fraction of sp³-hybridized carbons (Fsp3) is 0.226. The zero-order chi connectivity index (χ0) is 31.2. The van der Waals surface area contributed by atoms with E-state index in [2.05, 4.69) is 31.0 Å². The number of aliphatic carboxylic acids is 1. The van der Waals surface area contributed by atoms with Crippen LogP contribution in [0.4, 0.5) is 8.78 Å². The van der Waals surface area contributed by atoms with Gasteiger partial charge in [-0.25, -0.2) is 13.6 Å². The number of halogens is 2. The Balaban J connectivity index is 1.41. The van der Waals surface area contributed by atoms with Crippen molar-refractivity contribution in [1.82, 2.24) is 35.7 Å². The number of carboxylic acid groups (broad SMARTS) is 1. The average Bonchev–Trinajstić information content (AvgIpc) is 3.70. The molecule has 0 aliphatic carbocycles. The van der Waals surface area contributed by atoms with Gasteiger partial charge in [0.05, 0.1) is 12.6 Å². The lowest BCUT2D eigenvalue weighted by Gasteiger charge is -2.21. The van der Waals surface area contributed by atoms with Gasteiger partial charge in [-0.1, -0.05) is 67.9 Å². The standard InChI is InChI=1S/C31H29F2N7O4/c1-2-8-20-16-27(30(42)34-26(28(41)31(43)44)13-18-9-4-3-5-10-18)37-40(20)17-23-24(32)14-19(15-25(23)33)21-11-6-7-12-22(21)29-35-38-39-36-29/h3-7,9-12,14-16,26,28,41H,2,8,13,17H2,1H3,(H,34,42)(H,43,44)(H,35,36,38,39). The van der Waals surface area contributed by atoms with Crippen LogP contribution in [0.15, 0.2) is 72.8 Å². The first kappa shape index (κ1) is 30.2. The molecular weight excluding hydrogens is 572 g/mol. The van der Waals surface area contributed by atoms with E-state index in [-0.39, 0.29) is 35.6 Å². The van der Waals surface area contributed by atoms with Crippen LogP contribution in [0.1, 0.15) is 40.7 Å². The molecule has 0 aliphatic rings. The number of hydrogen-bond donors (Lipinski definition) is 4. The Morgan fingerprint density at radius 2 is 1.68 bits per heavy atom. The molecule has 2 atom stereocenters. The Kier molecular flexibility index (Phi) is 9.15. The first-order valence-electron chi connectivity index (χ1n) is 13.9. The molecule has 2 aromatic heterocycles. The van der Waals surface area contributed by atoms with E-state index < -0.39 is 35.7 Å². The number of carboxylic acids is 1. The quantitative estimate of drug-likeness (QED) is 0.168. The van der Waals surface area contributed by atoms with Crippen molar-refractivity contribution in [3.63, 3.8) is 0 Å². The van der Waals surface area contributed by atoms with Gasteiger partial charge in [-0.15, -0.1) is 10.2 Å². The Labute approximate surface area is 250 Å². The smallest absolute Gasteiger partial charge is 0.334 e. The zero-order valence-electron chi connectivity index (χ0n) is 23.6. The highest BCUT2D eigenvalue weighted by Gasteiger charge is 2.29. The van der Waals surface area contributed by atoms with E-state index in [1.807, 2.05) is 6.92 Å². The Bertz CT molecular complexity index is 1740. The lowest BCUT2D eigenvalue weighted by atomic mass is 9.97. The summed E-state index contributed by atoms with van der Waals surface area (Å²) in [6.45, 7) is 1.62. The van der Waals surface area contributed by atoms with E-state index in [1.165, 1.54) is 22.9 Å². The molecular formula is C31H29F2N7O4. The van der Waals surface area contributed by atoms with Gasteiger partial charge in [0.25, 0.3) is 5.91 Å². The van der Waals surface area contributed by atoms with Crippen LogP contribution in [0, 0.1) is 11.6 Å². The number of aliphatic hydroxyl groups excluding tert-OH is 1. The van der Waals surface area contributed by atoms with Gasteiger partial charge in [-0.2, -0.15) is 10.3 Å². The maximum atomic E-state index is 15.5. The van der Waals surface area contributed by atoms with E-state index in [0.29, 0.717) is 35.2 Å². The van der Waals surface area contributed by atoms with Crippen LogP contribution in [-0.2, 0) is 24.2 Å². The number of H-pyrrole nitrogens is 1. The van der Waals surface area contributed by atoms with Crippen LogP contribution >= 0.6 is 0 Å². The van der Waals surface area contributed by atoms with Crippen LogP contribution < -0.4 is 5.32 Å². The molecule has 11 nitrogen and oxygen atoms in total. The third-order valence-electron chi connectivity index (χ3n) is 7.12. The predicted molar refractivity (Wildman–Crippen MR) is 155 cm³/mol. The summed E-state index contributed by atoms with van der Waals surface area (Å²) in [5, 5.41) is 40.4. The highest BCUT2D eigenvalue weighted by molar-refractivity contribution is 5.93. The summed E-state index contributed by atoms with van der Waals surface area (Å²) in [6, 6.07) is 18.5. The summed E-state index contributed by atoms with van der Waals surface area (Å²) in [7, 11) is 0. The van der Waals surface area contributed by atoms with Crippen molar-refractivity contribution in [2.24, 2.45) is 0 Å². The molecule has 3 aromatic carbocycles. The maximum absolute atomic E-state index is 15.5. The Morgan fingerprint density at radius 1 is 1.00 bits per heavy atom. The summed E-state index contributed by atoms with van der Waals surface area (Å²) in [5.41, 5.74) is 2.28. The number of benzene rings is 3. The van der Waals surface area contributed by atoms with E-state index in [9.17, 15) is 19.8 Å². The Morgan fingerprint density at radius 3 is 2.32 bits per heavy atom. The molecule has 4 N–H and O–H groups in total. The number of aliphatic hydroxyl groups is 1. The summed E-state index contributed by atoms with van der Waals surface area (Å²) in [4.78, 5) is 24.8. The third-order valence-corrected chi connectivity index (χ3v) is 7.12. The van der Waals surface area contributed by atoms with Gasteiger partial charge in [-0.05, 0) is 52.9 Å². The molecule has 0 radical (unpaired) electrons. The summed E-state index contributed by atoms with van der Waals surface area (Å²) >= 11 is 0. The number of hydrogen-bond acceptors (Lipinski definition) is 7. The van der Waals surface area contributed by atoms with Crippen molar-refractivity contribution in [2.75, 3.05) is 0 Å². The molecule has 0 saturated heterocycles. The number of amides is 1. The SMILES string of the molecule is CCCc1cc(C(=O)NC(Cc2ccccc2)C(O)C(=O)O)nn1Cc1c(F)cc(-c2ccccc2-c2nn[nH]n2)cc1F. The molecule has 2 unspecified atom stereocenters. The lowest BCUT2D eigenvalue weighted by molar-refractivity contribution is -0.148. The second-order valence-electron chi connectivity index (χ2n) is 10.2. The van der Waals surface area contributed by atoms with Crippen LogP contribution in [0.2, 0.25) is 0 Å². The number of rotatable bonds is 12. The van der Waals surface area contributed by atoms with E-state index >= 15 is 8.78 Å². The van der Waals surface area contributed by atoms with Gasteiger partial charge in [0.2, 0.25) is 5.82 Å². The number of carbonyl (C=O) groups is 2. The molecule has 0 fully saturated rings. The molecule has 0 spiro atoms. The number of aromatic amines is 1. The van der Waals surface area contributed by atoms with Crippen LogP contribution in [0.3, 0.4) is 0 Å². The molecule has 44 heavy (non-hydrogen) atoms. The van der Waals surface area contributed by atoms with Crippen LogP contribution in [-0.4, -0.2) is 64.6 Å². The van der Waals surface area contributed by atoms with E-state index in [4.69, 9.17) is 0 Å². The lowest BCUT2D eigenvalue weighted by Crippen LogP contribution is -2.48. The van der Waals surface area contributed by atoms with Gasteiger partial charge in [0.1, 0.15) is 17.3 Å². The van der Waals surface area contributed by atoms with Gasteiger partial charge >= 0.3 is 5.97 Å². The highest BCUT2D eigenvalue weighted by Crippen LogP contribution is 2.32. The fourth-order valence-corrected chi connectivity index (χ4v) is 4.95. The average molecular weight is 602 g/mol. The third kappa shape index (κ3) is 6.68. The molecule has 5 rings (SSSR count). The first-order valence-corrected chi connectivity index (χ1v) is 13.9. The second-order valence-corrected chi connectivity index (χ2v) is 10.2. The number of nitrogens with one attached hydrogen (secondary N) is 2. The number of carbonyl (C=O) groups excluding carboxylic acids is 1. The molecule has 1 amide bonds. The zero-order valence-corrected chi connectivity index (χ0v) is 23.6. The van der Waals surface area contributed by atoms with Crippen LogP contribution in [0.5, 0.6) is 0 Å². The molecule has 0 aliphatic heterocycles. The summed E-state index contributed by atoms with van der Waals surface area (Å²) in [6.07, 6.45) is -0.688. The summed E-state index contributed by atoms with van der Waals surface area (Å²) in [5.74, 6) is -3.55. The van der Waals surface area contributed by atoms with Crippen molar-refractivity contribution < 1.29 is 28.6 Å². The van der Waals surface area contributed by atoms with Gasteiger partial charge in [0, 0.05) is 16.8 Å².